The molecule has 1 aliphatic carbocycles. The molecule has 254 valence electrons. The van der Waals surface area contributed by atoms with E-state index in [4.69, 9.17) is 19.4 Å². The zero-order valence-electron chi connectivity index (χ0n) is 29.5. The van der Waals surface area contributed by atoms with Crippen LogP contribution in [0.4, 0.5) is 0 Å². The monoisotopic (exact) mass is 699 g/mol. The quantitative estimate of drug-likeness (QED) is 0.183. The molecule has 0 saturated heterocycles. The first-order chi connectivity index (χ1) is 27.2. The van der Waals surface area contributed by atoms with Gasteiger partial charge in [-0.2, -0.15) is 0 Å². The Bertz CT molecular complexity index is 3380. The lowest BCUT2D eigenvalue weighted by atomic mass is 9.95. The highest BCUT2D eigenvalue weighted by molar-refractivity contribution is 6.28. The van der Waals surface area contributed by atoms with E-state index < -0.39 is 0 Å². The van der Waals surface area contributed by atoms with Crippen LogP contribution in [-0.2, 0) is 0 Å². The number of fused-ring (bicyclic) bond motifs is 9. The van der Waals surface area contributed by atoms with Gasteiger partial charge in [0.05, 0.1) is 0 Å². The van der Waals surface area contributed by atoms with Crippen molar-refractivity contribution in [3.8, 4) is 67.5 Å². The Morgan fingerprint density at radius 1 is 0.291 bits per heavy atom. The van der Waals surface area contributed by atoms with Crippen LogP contribution in [0.5, 0.6) is 0 Å². The predicted octanol–water partition coefficient (Wildman–Crippen LogP) is 13.5. The van der Waals surface area contributed by atoms with Gasteiger partial charge in [-0.15, -0.1) is 0 Å². The number of hydrogen-bond donors (Lipinski definition) is 0. The smallest absolute Gasteiger partial charge is 0.164 e. The highest BCUT2D eigenvalue weighted by Gasteiger charge is 2.24. The summed E-state index contributed by atoms with van der Waals surface area (Å²) < 4.78 is 6.55. The molecule has 0 bridgehead atoms. The Morgan fingerprint density at radius 3 is 1.82 bits per heavy atom. The van der Waals surface area contributed by atoms with Crippen LogP contribution in [0.25, 0.3) is 122 Å². The molecule has 9 aromatic carbocycles. The molecular weight excluding hydrogens is 671 g/mol. The number of nitrogens with zero attached hydrogens (tertiary/aromatic N) is 3. The fraction of sp³-hybridized carbons (Fsp3) is 0. The molecule has 0 fully saturated rings. The summed E-state index contributed by atoms with van der Waals surface area (Å²) in [5, 5.41) is 9.36. The molecule has 1 aliphatic rings. The summed E-state index contributed by atoms with van der Waals surface area (Å²) in [6.07, 6.45) is 0. The SMILES string of the molecule is c1ccc(-c2nc(-c3ccc4ccccc4c3)nc(-c3cccc4cc(-c5ccc6oc7cc8c9c(cccc9c7c6c5)-c5ccccc5-8)ccc34)n2)cc1. The lowest BCUT2D eigenvalue weighted by molar-refractivity contribution is 0.669. The molecule has 55 heavy (non-hydrogen) atoms. The zero-order valence-corrected chi connectivity index (χ0v) is 29.5. The molecule has 0 radical (unpaired) electrons. The molecule has 4 heteroatoms. The summed E-state index contributed by atoms with van der Waals surface area (Å²) in [6, 6.07) is 62.1. The fourth-order valence-corrected chi connectivity index (χ4v) is 8.65. The molecule has 0 N–H and O–H groups in total. The first kappa shape index (κ1) is 30.1. The van der Waals surface area contributed by atoms with Crippen LogP contribution < -0.4 is 0 Å². The van der Waals surface area contributed by atoms with E-state index in [1.165, 1.54) is 43.8 Å². The number of aromatic nitrogens is 3. The Balaban J connectivity index is 0.994. The van der Waals surface area contributed by atoms with Crippen molar-refractivity contribution in [1.29, 1.82) is 0 Å². The lowest BCUT2D eigenvalue weighted by Crippen LogP contribution is -2.00. The van der Waals surface area contributed by atoms with Crippen molar-refractivity contribution in [2.24, 2.45) is 0 Å². The third-order valence-corrected chi connectivity index (χ3v) is 11.2. The van der Waals surface area contributed by atoms with Gasteiger partial charge in [0, 0.05) is 27.5 Å². The summed E-state index contributed by atoms with van der Waals surface area (Å²) >= 11 is 0. The largest absolute Gasteiger partial charge is 0.456 e. The van der Waals surface area contributed by atoms with E-state index in [0.29, 0.717) is 17.5 Å². The van der Waals surface area contributed by atoms with Crippen molar-refractivity contribution in [2.45, 2.75) is 0 Å². The number of furan rings is 1. The van der Waals surface area contributed by atoms with Crippen LogP contribution in [0, 0.1) is 0 Å². The molecule has 0 saturated carbocycles. The minimum Gasteiger partial charge on any atom is -0.456 e. The predicted molar refractivity (Wildman–Crippen MR) is 226 cm³/mol. The third-order valence-electron chi connectivity index (χ3n) is 11.2. The summed E-state index contributed by atoms with van der Waals surface area (Å²) in [5.74, 6) is 1.94. The van der Waals surface area contributed by atoms with Crippen LogP contribution in [-0.4, -0.2) is 15.0 Å². The van der Waals surface area contributed by atoms with E-state index in [0.717, 1.165) is 60.5 Å². The molecule has 2 heterocycles. The molecule has 12 rings (SSSR count). The summed E-state index contributed by atoms with van der Waals surface area (Å²) in [6.45, 7) is 0. The van der Waals surface area contributed by atoms with Gasteiger partial charge < -0.3 is 4.42 Å². The van der Waals surface area contributed by atoms with Gasteiger partial charge in [0.2, 0.25) is 0 Å². The van der Waals surface area contributed by atoms with Crippen LogP contribution in [0.2, 0.25) is 0 Å². The second-order valence-electron chi connectivity index (χ2n) is 14.4. The standard InChI is InChI=1S/C51H29N3O/c1-2-11-31(12-3-1)49-52-50(36-21-20-30-10-4-5-13-32(30)27-36)54-51(53-49)41-18-8-14-35-26-33(22-24-37(35)41)34-23-25-45-44(28-34)48-42-19-9-17-40-38-15-6-7-16-39(38)43(47(40)42)29-46(48)55-45/h1-29H. The number of rotatable bonds is 4. The Kier molecular flexibility index (Phi) is 6.31. The average molecular weight is 700 g/mol. The maximum Gasteiger partial charge on any atom is 0.164 e. The van der Waals surface area contributed by atoms with Crippen LogP contribution in [0.3, 0.4) is 0 Å². The van der Waals surface area contributed by atoms with E-state index in [9.17, 15) is 0 Å². The van der Waals surface area contributed by atoms with Gasteiger partial charge in [-0.3, -0.25) is 0 Å². The highest BCUT2D eigenvalue weighted by atomic mass is 16.3. The molecule has 4 nitrogen and oxygen atoms in total. The summed E-state index contributed by atoms with van der Waals surface area (Å²) in [4.78, 5) is 15.2. The topological polar surface area (TPSA) is 51.8 Å². The second-order valence-corrected chi connectivity index (χ2v) is 14.4. The molecule has 0 atom stereocenters. The van der Waals surface area contributed by atoms with Crippen molar-refractivity contribution < 1.29 is 4.42 Å². The number of benzene rings is 9. The molecule has 0 aliphatic heterocycles. The first-order valence-corrected chi connectivity index (χ1v) is 18.6. The molecule has 11 aromatic rings. The number of hydrogen-bond acceptors (Lipinski definition) is 4. The van der Waals surface area contributed by atoms with Gasteiger partial charge in [-0.1, -0.05) is 146 Å². The maximum atomic E-state index is 6.55. The van der Waals surface area contributed by atoms with E-state index >= 15 is 0 Å². The lowest BCUT2D eigenvalue weighted by Gasteiger charge is -2.12. The van der Waals surface area contributed by atoms with E-state index in [1.807, 2.05) is 30.3 Å². The normalized spacial score (nSPS) is 12.0. The Labute approximate surface area is 316 Å². The van der Waals surface area contributed by atoms with Gasteiger partial charge in [-0.25, -0.2) is 15.0 Å². The highest BCUT2D eigenvalue weighted by Crippen LogP contribution is 2.51. The third kappa shape index (κ3) is 4.62. The Morgan fingerprint density at radius 2 is 0.927 bits per heavy atom. The van der Waals surface area contributed by atoms with Gasteiger partial charge in [0.25, 0.3) is 0 Å². The molecule has 0 unspecified atom stereocenters. The molecule has 0 spiro atoms. The van der Waals surface area contributed by atoms with Gasteiger partial charge >= 0.3 is 0 Å². The van der Waals surface area contributed by atoms with E-state index in [2.05, 4.69) is 146 Å². The minimum absolute atomic E-state index is 0.645. The Hall–Kier alpha value is -7.43. The van der Waals surface area contributed by atoms with Gasteiger partial charge in [0.1, 0.15) is 11.2 Å². The molecule has 0 amide bonds. The fourth-order valence-electron chi connectivity index (χ4n) is 8.65. The second kappa shape index (κ2) is 11.5. The first-order valence-electron chi connectivity index (χ1n) is 18.6. The average Bonchev–Trinajstić information content (AvgIpc) is 3.79. The van der Waals surface area contributed by atoms with Crippen molar-refractivity contribution in [3.05, 3.63) is 176 Å². The van der Waals surface area contributed by atoms with Crippen molar-refractivity contribution in [3.63, 3.8) is 0 Å². The van der Waals surface area contributed by atoms with Crippen LogP contribution >= 0.6 is 0 Å². The van der Waals surface area contributed by atoms with Crippen molar-refractivity contribution in [1.82, 2.24) is 15.0 Å². The van der Waals surface area contributed by atoms with E-state index in [1.54, 1.807) is 0 Å². The summed E-state index contributed by atoms with van der Waals surface area (Å²) in [7, 11) is 0. The molecule has 2 aromatic heterocycles. The molecular formula is C51H29N3O. The van der Waals surface area contributed by atoms with Crippen molar-refractivity contribution >= 4 is 54.3 Å². The summed E-state index contributed by atoms with van der Waals surface area (Å²) in [5.41, 5.74) is 12.0. The van der Waals surface area contributed by atoms with Crippen LogP contribution in [0.1, 0.15) is 0 Å². The minimum atomic E-state index is 0.645. The van der Waals surface area contributed by atoms with Crippen molar-refractivity contribution in [2.75, 3.05) is 0 Å². The van der Waals surface area contributed by atoms with Gasteiger partial charge in [-0.05, 0) is 96.0 Å². The maximum absolute atomic E-state index is 6.55. The zero-order chi connectivity index (χ0) is 36.0. The van der Waals surface area contributed by atoms with Crippen LogP contribution in [0.15, 0.2) is 180 Å². The van der Waals surface area contributed by atoms with E-state index in [-0.39, 0.29) is 0 Å². The van der Waals surface area contributed by atoms with Gasteiger partial charge in [0.15, 0.2) is 17.5 Å².